The summed E-state index contributed by atoms with van der Waals surface area (Å²) in [5.74, 6) is -1.50. The summed E-state index contributed by atoms with van der Waals surface area (Å²) < 4.78 is 18.7. The number of hydrogen-bond acceptors (Lipinski definition) is 3. The van der Waals surface area contributed by atoms with Crippen molar-refractivity contribution in [3.8, 4) is 0 Å². The van der Waals surface area contributed by atoms with Crippen LogP contribution in [0.25, 0.3) is 0 Å². The highest BCUT2D eigenvalue weighted by molar-refractivity contribution is 5.95. The predicted octanol–water partition coefficient (Wildman–Crippen LogP) is 3.43. The Bertz CT molecular complexity index is 803. The van der Waals surface area contributed by atoms with E-state index in [1.165, 1.54) is 30.2 Å². The van der Waals surface area contributed by atoms with Crippen molar-refractivity contribution in [1.82, 2.24) is 0 Å². The largest absolute Gasteiger partial charge is 0.452 e. The molecule has 2 aromatic carbocycles. The second-order valence-corrected chi connectivity index (χ2v) is 6.23. The van der Waals surface area contributed by atoms with Crippen LogP contribution in [0, 0.1) is 5.82 Å². The van der Waals surface area contributed by atoms with E-state index in [4.69, 9.17) is 4.74 Å². The predicted molar refractivity (Wildman–Crippen MR) is 92.8 cm³/mol. The van der Waals surface area contributed by atoms with E-state index in [9.17, 15) is 14.0 Å². The van der Waals surface area contributed by atoms with Crippen molar-refractivity contribution in [2.24, 2.45) is 0 Å². The normalized spacial score (nSPS) is 13.8. The molecule has 0 unspecified atom stereocenters. The highest BCUT2D eigenvalue weighted by atomic mass is 19.1. The summed E-state index contributed by atoms with van der Waals surface area (Å²) in [5.41, 5.74) is 3.52. The Morgan fingerprint density at radius 3 is 2.72 bits per heavy atom. The maximum absolute atomic E-state index is 13.6. The number of benzene rings is 2. The summed E-state index contributed by atoms with van der Waals surface area (Å²) >= 11 is 0. The molecule has 1 amide bonds. The molecule has 0 radical (unpaired) electrons. The fourth-order valence-electron chi connectivity index (χ4n) is 2.98. The lowest BCUT2D eigenvalue weighted by Crippen LogP contribution is -2.30. The van der Waals surface area contributed by atoms with Crippen molar-refractivity contribution in [3.05, 3.63) is 65.0 Å². The van der Waals surface area contributed by atoms with Gasteiger partial charge >= 0.3 is 5.97 Å². The molecule has 1 aliphatic carbocycles. The van der Waals surface area contributed by atoms with Crippen LogP contribution in [0.15, 0.2) is 42.5 Å². The Labute approximate surface area is 146 Å². The molecule has 0 saturated heterocycles. The Morgan fingerprint density at radius 1 is 1.16 bits per heavy atom. The van der Waals surface area contributed by atoms with Gasteiger partial charge in [0.15, 0.2) is 6.10 Å². The zero-order chi connectivity index (χ0) is 17.8. The van der Waals surface area contributed by atoms with Gasteiger partial charge in [-0.05, 0) is 61.1 Å². The van der Waals surface area contributed by atoms with Crippen molar-refractivity contribution in [2.75, 3.05) is 5.32 Å². The number of nitrogens with one attached hydrogen (secondary N) is 1. The fraction of sp³-hybridized carbons (Fsp3) is 0.300. The van der Waals surface area contributed by atoms with Crippen LogP contribution >= 0.6 is 0 Å². The third-order valence-electron chi connectivity index (χ3n) is 4.34. The van der Waals surface area contributed by atoms with E-state index in [0.717, 1.165) is 19.3 Å². The van der Waals surface area contributed by atoms with Crippen molar-refractivity contribution < 1.29 is 18.7 Å². The number of hydrogen-bond donors (Lipinski definition) is 1. The quantitative estimate of drug-likeness (QED) is 0.848. The molecule has 0 saturated carbocycles. The van der Waals surface area contributed by atoms with Gasteiger partial charge < -0.3 is 10.1 Å². The molecule has 1 aliphatic rings. The number of halogens is 1. The first-order chi connectivity index (χ1) is 12.0. The topological polar surface area (TPSA) is 55.4 Å². The number of esters is 1. The van der Waals surface area contributed by atoms with Crippen LogP contribution in [-0.4, -0.2) is 18.0 Å². The van der Waals surface area contributed by atoms with Gasteiger partial charge in [0, 0.05) is 5.69 Å². The lowest BCUT2D eigenvalue weighted by molar-refractivity contribution is -0.152. The first kappa shape index (κ1) is 17.1. The van der Waals surface area contributed by atoms with Gasteiger partial charge in [0.1, 0.15) is 5.82 Å². The maximum Gasteiger partial charge on any atom is 0.311 e. The standard InChI is InChI=1S/C20H20FNO3/c1-13(25-19(23)12-16-5-2-3-8-18(16)21)20(24)22-17-10-9-14-6-4-7-15(14)11-17/h2-3,5,8-11,13H,4,6-7,12H2,1H3,(H,22,24)/t13-/m1/s1. The Balaban J connectivity index is 1.55. The average molecular weight is 341 g/mol. The van der Waals surface area contributed by atoms with Crippen LogP contribution in [0.5, 0.6) is 0 Å². The second kappa shape index (κ2) is 7.47. The van der Waals surface area contributed by atoms with Crippen molar-refractivity contribution in [1.29, 1.82) is 0 Å². The van der Waals surface area contributed by atoms with Gasteiger partial charge in [-0.2, -0.15) is 0 Å². The Morgan fingerprint density at radius 2 is 1.92 bits per heavy atom. The first-order valence-corrected chi connectivity index (χ1v) is 8.38. The summed E-state index contributed by atoms with van der Waals surface area (Å²) in [6.07, 6.45) is 2.08. The van der Waals surface area contributed by atoms with E-state index in [1.807, 2.05) is 18.2 Å². The number of carbonyl (C=O) groups is 2. The Kier molecular flexibility index (Phi) is 5.12. The SMILES string of the molecule is C[C@@H](OC(=O)Cc1ccccc1F)C(=O)Nc1ccc2c(c1)CCC2. The average Bonchev–Trinajstić information content (AvgIpc) is 3.04. The first-order valence-electron chi connectivity index (χ1n) is 8.38. The molecular formula is C20H20FNO3. The monoisotopic (exact) mass is 341 g/mol. The number of anilines is 1. The minimum atomic E-state index is -0.951. The third kappa shape index (κ3) is 4.24. The van der Waals surface area contributed by atoms with Crippen molar-refractivity contribution in [2.45, 2.75) is 38.7 Å². The van der Waals surface area contributed by atoms with E-state index in [-0.39, 0.29) is 12.0 Å². The molecule has 0 spiro atoms. The van der Waals surface area contributed by atoms with Gasteiger partial charge in [-0.25, -0.2) is 4.39 Å². The van der Waals surface area contributed by atoms with Gasteiger partial charge in [0.25, 0.3) is 5.91 Å². The lowest BCUT2D eigenvalue weighted by atomic mass is 10.1. The number of fused-ring (bicyclic) bond motifs is 1. The highest BCUT2D eigenvalue weighted by Crippen LogP contribution is 2.25. The summed E-state index contributed by atoms with van der Waals surface area (Å²) in [6.45, 7) is 1.50. The van der Waals surface area contributed by atoms with E-state index in [1.54, 1.807) is 12.1 Å². The van der Waals surface area contributed by atoms with Crippen LogP contribution in [0.2, 0.25) is 0 Å². The number of rotatable bonds is 5. The summed E-state index contributed by atoms with van der Waals surface area (Å²) in [5, 5.41) is 2.76. The van der Waals surface area contributed by atoms with Crippen LogP contribution in [0.3, 0.4) is 0 Å². The number of amides is 1. The molecule has 25 heavy (non-hydrogen) atoms. The molecule has 1 N–H and O–H groups in total. The third-order valence-corrected chi connectivity index (χ3v) is 4.34. The van der Waals surface area contributed by atoms with Gasteiger partial charge in [0.2, 0.25) is 0 Å². The van der Waals surface area contributed by atoms with E-state index in [2.05, 4.69) is 5.32 Å². The fourth-order valence-corrected chi connectivity index (χ4v) is 2.98. The molecule has 0 aromatic heterocycles. The molecule has 0 fully saturated rings. The molecule has 4 nitrogen and oxygen atoms in total. The Hall–Kier alpha value is -2.69. The smallest absolute Gasteiger partial charge is 0.311 e. The molecule has 5 heteroatoms. The van der Waals surface area contributed by atoms with Crippen molar-refractivity contribution in [3.63, 3.8) is 0 Å². The van der Waals surface area contributed by atoms with E-state index in [0.29, 0.717) is 5.69 Å². The van der Waals surface area contributed by atoms with E-state index < -0.39 is 23.8 Å². The second-order valence-electron chi connectivity index (χ2n) is 6.23. The van der Waals surface area contributed by atoms with E-state index >= 15 is 0 Å². The molecule has 0 heterocycles. The molecule has 1 atom stereocenters. The van der Waals surface area contributed by atoms with Crippen LogP contribution in [-0.2, 0) is 33.6 Å². The van der Waals surface area contributed by atoms with Crippen LogP contribution in [0.1, 0.15) is 30.0 Å². The summed E-state index contributed by atoms with van der Waals surface area (Å²) in [6, 6.07) is 11.8. The zero-order valence-corrected chi connectivity index (χ0v) is 14.0. The van der Waals surface area contributed by atoms with Crippen LogP contribution in [0.4, 0.5) is 10.1 Å². The molecule has 2 aromatic rings. The zero-order valence-electron chi connectivity index (χ0n) is 14.0. The molecule has 0 bridgehead atoms. The molecule has 3 rings (SSSR count). The number of carbonyl (C=O) groups excluding carboxylic acids is 2. The van der Waals surface area contributed by atoms with Gasteiger partial charge in [-0.3, -0.25) is 9.59 Å². The van der Waals surface area contributed by atoms with Gasteiger partial charge in [-0.15, -0.1) is 0 Å². The molecular weight excluding hydrogens is 321 g/mol. The maximum atomic E-state index is 13.6. The van der Waals surface area contributed by atoms with Crippen molar-refractivity contribution >= 4 is 17.6 Å². The summed E-state index contributed by atoms with van der Waals surface area (Å²) in [7, 11) is 0. The van der Waals surface area contributed by atoms with Gasteiger partial charge in [0.05, 0.1) is 6.42 Å². The highest BCUT2D eigenvalue weighted by Gasteiger charge is 2.20. The van der Waals surface area contributed by atoms with Gasteiger partial charge in [-0.1, -0.05) is 24.3 Å². The molecule has 0 aliphatic heterocycles. The summed E-state index contributed by atoms with van der Waals surface area (Å²) in [4.78, 5) is 24.1. The minimum Gasteiger partial charge on any atom is -0.452 e. The minimum absolute atomic E-state index is 0.205. The lowest BCUT2D eigenvalue weighted by Gasteiger charge is -2.14. The van der Waals surface area contributed by atoms with Crippen LogP contribution < -0.4 is 5.32 Å². The molecule has 130 valence electrons. The number of aryl methyl sites for hydroxylation is 2. The number of ether oxygens (including phenoxy) is 1.